The maximum absolute atomic E-state index is 2.38. The van der Waals surface area contributed by atoms with Gasteiger partial charge in [0.2, 0.25) is 0 Å². The van der Waals surface area contributed by atoms with Crippen LogP contribution in [0.3, 0.4) is 0 Å². The smallest absolute Gasteiger partial charge is 0.0651 e. The highest BCUT2D eigenvalue weighted by atomic mass is 32.1. The van der Waals surface area contributed by atoms with Gasteiger partial charge in [0, 0.05) is 29.3 Å². The Morgan fingerprint density at radius 2 is 0.673 bits per heavy atom. The van der Waals surface area contributed by atoms with Gasteiger partial charge in [0.05, 0.1) is 37.6 Å². The third-order valence-electron chi connectivity index (χ3n) is 10.0. The maximum Gasteiger partial charge on any atom is 0.0651 e. The third kappa shape index (κ3) is 7.99. The van der Waals surface area contributed by atoms with Crippen molar-refractivity contribution in [3.05, 3.63) is 45.1 Å². The van der Waals surface area contributed by atoms with Gasteiger partial charge in [0.1, 0.15) is 0 Å². The zero-order valence-electron chi connectivity index (χ0n) is 29.9. The average molecular weight is 781 g/mol. The van der Waals surface area contributed by atoms with E-state index in [-0.39, 0.29) is 0 Å². The summed E-state index contributed by atoms with van der Waals surface area (Å²) in [5, 5.41) is 0. The summed E-state index contributed by atoms with van der Waals surface area (Å²) in [4.78, 5) is 8.93. The van der Waals surface area contributed by atoms with Crippen LogP contribution >= 0.6 is 79.4 Å². The van der Waals surface area contributed by atoms with Crippen molar-refractivity contribution in [2.24, 2.45) is 0 Å². The van der Waals surface area contributed by atoms with E-state index in [0.717, 1.165) is 0 Å². The summed E-state index contributed by atoms with van der Waals surface area (Å²) in [6, 6.07) is 9.40. The first kappa shape index (κ1) is 36.3. The van der Waals surface area contributed by atoms with Crippen LogP contribution in [0.2, 0.25) is 0 Å². The molecular weight excluding hydrogens is 729 g/mol. The SMILES string of the molecule is CCCCCCCCCCc1c(-c2ccc(C)s2)sc2c1sc1c2sc2c3sc(-c4ccc(C)s4)c(CCCCCCCCCC)c3sc21. The minimum atomic E-state index is 1.23. The van der Waals surface area contributed by atoms with E-state index >= 15 is 0 Å². The first-order valence-corrected chi connectivity index (χ1v) is 24.8. The summed E-state index contributed by atoms with van der Waals surface area (Å²) in [6.45, 7) is 9.14. The second-order valence-corrected chi connectivity index (χ2v) is 21.7. The Morgan fingerprint density at radius 1 is 0.347 bits per heavy atom. The van der Waals surface area contributed by atoms with Gasteiger partial charge in [-0.3, -0.25) is 0 Å². The van der Waals surface area contributed by atoms with Crippen LogP contribution in [0.4, 0.5) is 0 Å². The Hall–Kier alpha value is -1.06. The van der Waals surface area contributed by atoms with Gasteiger partial charge in [-0.1, -0.05) is 104 Å². The van der Waals surface area contributed by atoms with E-state index in [2.05, 4.69) is 109 Å². The van der Waals surface area contributed by atoms with Crippen molar-refractivity contribution < 1.29 is 0 Å². The first-order chi connectivity index (χ1) is 24.1. The highest BCUT2D eigenvalue weighted by Gasteiger charge is 2.26. The number of hydrogen-bond donors (Lipinski definition) is 0. The van der Waals surface area contributed by atoms with Crippen molar-refractivity contribution >= 4 is 117 Å². The van der Waals surface area contributed by atoms with Gasteiger partial charge in [0.25, 0.3) is 0 Å². The van der Waals surface area contributed by atoms with Crippen molar-refractivity contribution in [3.63, 3.8) is 0 Å². The number of fused-ring (bicyclic) bond motifs is 7. The molecule has 7 aromatic heterocycles. The summed E-state index contributed by atoms with van der Waals surface area (Å²) >= 11 is 14.5. The lowest BCUT2D eigenvalue weighted by molar-refractivity contribution is 0.576. The molecule has 0 aliphatic heterocycles. The Labute approximate surface area is 322 Å². The molecule has 7 heterocycles. The second-order valence-electron chi connectivity index (χ2n) is 14.0. The lowest BCUT2D eigenvalue weighted by Crippen LogP contribution is -1.87. The van der Waals surface area contributed by atoms with Crippen molar-refractivity contribution in [3.8, 4) is 19.5 Å². The topological polar surface area (TPSA) is 0 Å². The van der Waals surface area contributed by atoms with Crippen LogP contribution in [0.1, 0.15) is 137 Å². The first-order valence-electron chi connectivity index (χ1n) is 19.1. The molecule has 0 fully saturated rings. The van der Waals surface area contributed by atoms with Crippen LogP contribution in [-0.4, -0.2) is 0 Å². The summed E-state index contributed by atoms with van der Waals surface area (Å²) in [5.74, 6) is 0. The minimum Gasteiger partial charge on any atom is -0.140 e. The van der Waals surface area contributed by atoms with Crippen LogP contribution in [-0.2, 0) is 12.8 Å². The second kappa shape index (κ2) is 17.2. The summed E-state index contributed by atoms with van der Waals surface area (Å²) in [6.07, 6.45) is 24.6. The molecule has 0 unspecified atom stereocenters. The molecule has 7 rings (SSSR count). The normalized spacial score (nSPS) is 12.3. The van der Waals surface area contributed by atoms with Gasteiger partial charge >= 0.3 is 0 Å². The molecule has 0 atom stereocenters. The predicted octanol–water partition coefficient (Wildman–Crippen LogP) is 18.0. The molecule has 0 bridgehead atoms. The van der Waals surface area contributed by atoms with Gasteiger partial charge in [-0.25, -0.2) is 0 Å². The lowest BCUT2D eigenvalue weighted by atomic mass is 10.0. The van der Waals surface area contributed by atoms with Crippen molar-refractivity contribution in [1.29, 1.82) is 0 Å². The number of aryl methyl sites for hydroxylation is 4. The Balaban J connectivity index is 1.19. The zero-order chi connectivity index (χ0) is 33.7. The molecular formula is C42H52S7. The van der Waals surface area contributed by atoms with E-state index in [9.17, 15) is 0 Å². The summed E-state index contributed by atoms with van der Waals surface area (Å²) < 4.78 is 12.6. The number of hydrogen-bond acceptors (Lipinski definition) is 7. The van der Waals surface area contributed by atoms with Crippen LogP contribution in [0.25, 0.3) is 57.1 Å². The van der Waals surface area contributed by atoms with Gasteiger partial charge in [-0.05, 0) is 74.9 Å². The Morgan fingerprint density at radius 3 is 1.02 bits per heavy atom. The lowest BCUT2D eigenvalue weighted by Gasteiger charge is -2.04. The Kier molecular flexibility index (Phi) is 12.7. The monoisotopic (exact) mass is 780 g/mol. The molecule has 7 heteroatoms. The van der Waals surface area contributed by atoms with Gasteiger partial charge in [-0.2, -0.15) is 0 Å². The molecule has 0 aromatic carbocycles. The molecule has 0 spiro atoms. The van der Waals surface area contributed by atoms with Crippen LogP contribution in [0.15, 0.2) is 24.3 Å². The van der Waals surface area contributed by atoms with E-state index < -0.39 is 0 Å². The summed E-state index contributed by atoms with van der Waals surface area (Å²) in [7, 11) is 0. The van der Waals surface area contributed by atoms with Gasteiger partial charge in [0.15, 0.2) is 0 Å². The van der Waals surface area contributed by atoms with E-state index in [0.29, 0.717) is 0 Å². The van der Waals surface area contributed by atoms with Crippen molar-refractivity contribution in [1.82, 2.24) is 0 Å². The number of thiophene rings is 7. The average Bonchev–Trinajstić information content (AvgIpc) is 3.94. The standard InChI is InChI=1S/C42H52S7/c1-5-7-9-11-13-15-17-19-21-29-33(31-25-23-27(3)43-31)45-37-35(29)47-41-39(37)49-40-38-36(48-42(40)41)30(22-20-18-16-14-12-10-8-6-2)34(46-38)32-26-24-28(4)44-32/h23-26H,5-22H2,1-4H3. The quantitative estimate of drug-likeness (QED) is 0.0676. The van der Waals surface area contributed by atoms with E-state index in [4.69, 9.17) is 0 Å². The molecule has 0 saturated heterocycles. The van der Waals surface area contributed by atoms with E-state index in [1.54, 1.807) is 58.5 Å². The number of rotatable bonds is 20. The molecule has 262 valence electrons. The van der Waals surface area contributed by atoms with E-state index in [1.165, 1.54) is 135 Å². The molecule has 49 heavy (non-hydrogen) atoms. The van der Waals surface area contributed by atoms with Crippen molar-refractivity contribution in [2.45, 2.75) is 143 Å². The molecule has 0 aliphatic carbocycles. The predicted molar refractivity (Wildman–Crippen MR) is 235 cm³/mol. The van der Waals surface area contributed by atoms with E-state index in [1.807, 2.05) is 22.7 Å². The van der Waals surface area contributed by atoms with Gasteiger partial charge in [-0.15, -0.1) is 79.4 Å². The molecule has 0 saturated carbocycles. The highest BCUT2D eigenvalue weighted by molar-refractivity contribution is 7.49. The molecule has 0 N–H and O–H groups in total. The molecule has 0 aliphatic rings. The molecule has 0 amide bonds. The fourth-order valence-electron chi connectivity index (χ4n) is 7.34. The van der Waals surface area contributed by atoms with Gasteiger partial charge < -0.3 is 0 Å². The largest absolute Gasteiger partial charge is 0.140 e. The summed E-state index contributed by atoms with van der Waals surface area (Å²) in [5.41, 5.74) is 3.30. The number of unbranched alkanes of at least 4 members (excludes halogenated alkanes) is 14. The zero-order valence-corrected chi connectivity index (χ0v) is 35.6. The van der Waals surface area contributed by atoms with Crippen LogP contribution < -0.4 is 0 Å². The van der Waals surface area contributed by atoms with Crippen LogP contribution in [0.5, 0.6) is 0 Å². The molecule has 0 radical (unpaired) electrons. The third-order valence-corrected chi connectivity index (χ3v) is 19.6. The van der Waals surface area contributed by atoms with Crippen LogP contribution in [0, 0.1) is 13.8 Å². The highest BCUT2D eigenvalue weighted by Crippen LogP contribution is 2.57. The maximum atomic E-state index is 2.38. The fourth-order valence-corrected chi connectivity index (χ4v) is 17.2. The fraction of sp³-hybridized carbons (Fsp3) is 0.524. The minimum absolute atomic E-state index is 1.23. The molecule has 7 aromatic rings. The Bertz CT molecular complexity index is 1950. The molecule has 0 nitrogen and oxygen atoms in total. The van der Waals surface area contributed by atoms with Crippen molar-refractivity contribution in [2.75, 3.05) is 0 Å².